The van der Waals surface area contributed by atoms with Gasteiger partial charge in [0, 0.05) is 18.9 Å². The summed E-state index contributed by atoms with van der Waals surface area (Å²) in [7, 11) is 2.13. The van der Waals surface area contributed by atoms with E-state index in [-0.39, 0.29) is 0 Å². The molecule has 3 aliphatic rings. The molecule has 2 bridgehead atoms. The molecule has 0 radical (unpaired) electrons. The van der Waals surface area contributed by atoms with Crippen LogP contribution in [-0.4, -0.2) is 11.9 Å². The SMILES string of the molecule is C/C=C1/C(C)=C2CC(=CN1C)C2. The molecule has 0 aromatic rings. The molecule has 2 aliphatic heterocycles. The van der Waals surface area contributed by atoms with Crippen molar-refractivity contribution in [2.24, 2.45) is 0 Å². The van der Waals surface area contributed by atoms with Crippen molar-refractivity contribution in [2.75, 3.05) is 7.05 Å². The molecule has 0 unspecified atom stereocenters. The molecule has 12 heavy (non-hydrogen) atoms. The first-order valence-corrected chi connectivity index (χ1v) is 4.50. The third kappa shape index (κ3) is 0.927. The van der Waals surface area contributed by atoms with Crippen molar-refractivity contribution < 1.29 is 0 Å². The van der Waals surface area contributed by atoms with Gasteiger partial charge in [-0.15, -0.1) is 0 Å². The van der Waals surface area contributed by atoms with E-state index in [2.05, 4.69) is 38.1 Å². The molecule has 3 rings (SSSR count). The van der Waals surface area contributed by atoms with Crippen LogP contribution in [0.5, 0.6) is 0 Å². The van der Waals surface area contributed by atoms with E-state index in [0.717, 1.165) is 0 Å². The van der Waals surface area contributed by atoms with E-state index in [1.165, 1.54) is 24.1 Å². The molecule has 0 saturated heterocycles. The van der Waals surface area contributed by atoms with Crippen LogP contribution in [0.15, 0.2) is 34.7 Å². The molecule has 1 fully saturated rings. The largest absolute Gasteiger partial charge is 0.351 e. The van der Waals surface area contributed by atoms with Gasteiger partial charge in [-0.2, -0.15) is 0 Å². The Morgan fingerprint density at radius 1 is 1.42 bits per heavy atom. The number of likely N-dealkylation sites (N-methyl/N-ethyl adjacent to an activating group) is 1. The van der Waals surface area contributed by atoms with Gasteiger partial charge in [0.25, 0.3) is 0 Å². The average Bonchev–Trinajstić information content (AvgIpc) is 2.12. The van der Waals surface area contributed by atoms with Crippen molar-refractivity contribution in [3.63, 3.8) is 0 Å². The van der Waals surface area contributed by atoms with Crippen LogP contribution in [0.3, 0.4) is 0 Å². The molecule has 1 aliphatic carbocycles. The van der Waals surface area contributed by atoms with Crippen molar-refractivity contribution in [1.29, 1.82) is 0 Å². The number of hydrogen-bond acceptors (Lipinski definition) is 1. The summed E-state index contributed by atoms with van der Waals surface area (Å²) >= 11 is 0. The average molecular weight is 161 g/mol. The molecule has 0 atom stereocenters. The number of hydrogen-bond donors (Lipinski definition) is 0. The molecule has 0 N–H and O–H groups in total. The monoisotopic (exact) mass is 161 g/mol. The first-order chi connectivity index (χ1) is 5.72. The highest BCUT2D eigenvalue weighted by Crippen LogP contribution is 2.40. The third-order valence-electron chi connectivity index (χ3n) is 2.83. The Morgan fingerprint density at radius 2 is 2.08 bits per heavy atom. The summed E-state index contributed by atoms with van der Waals surface area (Å²) in [5.41, 5.74) is 6.05. The maximum absolute atomic E-state index is 2.27. The summed E-state index contributed by atoms with van der Waals surface area (Å²) in [5, 5.41) is 0. The van der Waals surface area contributed by atoms with Crippen LogP contribution in [0.2, 0.25) is 0 Å². The maximum atomic E-state index is 2.27. The van der Waals surface area contributed by atoms with Crippen LogP contribution < -0.4 is 0 Å². The van der Waals surface area contributed by atoms with Crippen LogP contribution in [0.25, 0.3) is 0 Å². The van der Waals surface area contributed by atoms with Gasteiger partial charge in [-0.3, -0.25) is 0 Å². The van der Waals surface area contributed by atoms with Gasteiger partial charge in [-0.05, 0) is 37.8 Å². The van der Waals surface area contributed by atoms with Crippen molar-refractivity contribution in [1.82, 2.24) is 4.90 Å². The van der Waals surface area contributed by atoms with E-state index in [0.29, 0.717) is 0 Å². The standard InChI is InChI=1S/C11H15N/c1-4-11-8(2)10-5-9(6-10)7-12(11)3/h4,7H,5-6H2,1-3H3/b11-4-. The summed E-state index contributed by atoms with van der Waals surface area (Å²) < 4.78 is 0. The third-order valence-corrected chi connectivity index (χ3v) is 2.83. The Balaban J connectivity index is 2.47. The van der Waals surface area contributed by atoms with Gasteiger partial charge in [-0.1, -0.05) is 11.6 Å². The van der Waals surface area contributed by atoms with Crippen LogP contribution in [-0.2, 0) is 0 Å². The highest BCUT2D eigenvalue weighted by Gasteiger charge is 2.24. The van der Waals surface area contributed by atoms with Crippen molar-refractivity contribution >= 4 is 0 Å². The zero-order valence-corrected chi connectivity index (χ0v) is 8.02. The molecule has 2 heterocycles. The second-order valence-corrected chi connectivity index (χ2v) is 3.65. The summed E-state index contributed by atoms with van der Waals surface area (Å²) in [4.78, 5) is 2.24. The van der Waals surface area contributed by atoms with Crippen LogP contribution in [0, 0.1) is 0 Å². The highest BCUT2D eigenvalue weighted by molar-refractivity contribution is 5.46. The predicted octanol–water partition coefficient (Wildman–Crippen LogP) is 2.83. The van der Waals surface area contributed by atoms with Gasteiger partial charge in [0.2, 0.25) is 0 Å². The fourth-order valence-electron chi connectivity index (χ4n) is 2.06. The van der Waals surface area contributed by atoms with E-state index >= 15 is 0 Å². The molecule has 1 heteroatoms. The number of fused-ring (bicyclic) bond motifs is 3. The molecule has 0 spiro atoms. The second kappa shape index (κ2) is 2.51. The van der Waals surface area contributed by atoms with Gasteiger partial charge in [0.1, 0.15) is 0 Å². The summed E-state index contributed by atoms with van der Waals surface area (Å²) in [5.74, 6) is 0. The Labute approximate surface area is 74.1 Å². The van der Waals surface area contributed by atoms with Crippen LogP contribution in [0.1, 0.15) is 26.7 Å². The van der Waals surface area contributed by atoms with Gasteiger partial charge < -0.3 is 4.90 Å². The molecule has 64 valence electrons. The summed E-state index contributed by atoms with van der Waals surface area (Å²) in [6.45, 7) is 4.34. The zero-order valence-electron chi connectivity index (χ0n) is 8.02. The Kier molecular flexibility index (Phi) is 1.60. The highest BCUT2D eigenvalue weighted by atomic mass is 15.1. The minimum absolute atomic E-state index is 1.22. The molecule has 1 saturated carbocycles. The number of allylic oxidation sites excluding steroid dienone is 4. The fourth-order valence-corrected chi connectivity index (χ4v) is 2.06. The molecule has 0 amide bonds. The Bertz CT molecular complexity index is 295. The van der Waals surface area contributed by atoms with Gasteiger partial charge in [0.05, 0.1) is 0 Å². The molecule has 0 aromatic heterocycles. The van der Waals surface area contributed by atoms with Crippen molar-refractivity contribution in [3.05, 3.63) is 34.7 Å². The fraction of sp³-hybridized carbons (Fsp3) is 0.455. The van der Waals surface area contributed by atoms with Gasteiger partial charge in [0.15, 0.2) is 0 Å². The van der Waals surface area contributed by atoms with Crippen molar-refractivity contribution in [2.45, 2.75) is 26.7 Å². The Morgan fingerprint density at radius 3 is 2.67 bits per heavy atom. The smallest absolute Gasteiger partial charge is 0.0389 e. The van der Waals surface area contributed by atoms with Gasteiger partial charge in [-0.25, -0.2) is 0 Å². The van der Waals surface area contributed by atoms with Crippen LogP contribution >= 0.6 is 0 Å². The van der Waals surface area contributed by atoms with E-state index in [4.69, 9.17) is 0 Å². The zero-order chi connectivity index (χ0) is 8.72. The lowest BCUT2D eigenvalue weighted by atomic mass is 9.84. The lowest BCUT2D eigenvalue weighted by Gasteiger charge is -2.20. The summed E-state index contributed by atoms with van der Waals surface area (Å²) in [6.07, 6.45) is 6.90. The molecular weight excluding hydrogens is 146 g/mol. The molecular formula is C11H15N. The second-order valence-electron chi connectivity index (χ2n) is 3.65. The Hall–Kier alpha value is -0.980. The quantitative estimate of drug-likeness (QED) is 0.528. The minimum atomic E-state index is 1.22. The lowest BCUT2D eigenvalue weighted by Crippen LogP contribution is -2.09. The van der Waals surface area contributed by atoms with E-state index in [1.807, 2.05) is 0 Å². The van der Waals surface area contributed by atoms with E-state index < -0.39 is 0 Å². The first kappa shape index (κ1) is 7.66. The lowest BCUT2D eigenvalue weighted by molar-refractivity contribution is 0.575. The number of nitrogens with zero attached hydrogens (tertiary/aromatic N) is 1. The number of rotatable bonds is 0. The molecule has 1 nitrogen and oxygen atoms in total. The summed E-state index contributed by atoms with van der Waals surface area (Å²) in [6, 6.07) is 0. The normalized spacial score (nSPS) is 25.4. The molecule has 0 aromatic carbocycles. The first-order valence-electron chi connectivity index (χ1n) is 4.50. The topological polar surface area (TPSA) is 3.24 Å². The maximum Gasteiger partial charge on any atom is 0.0389 e. The van der Waals surface area contributed by atoms with Crippen molar-refractivity contribution in [3.8, 4) is 0 Å². The predicted molar refractivity (Wildman–Crippen MR) is 51.5 cm³/mol. The van der Waals surface area contributed by atoms with E-state index in [9.17, 15) is 0 Å². The van der Waals surface area contributed by atoms with E-state index in [1.54, 1.807) is 11.1 Å². The minimum Gasteiger partial charge on any atom is -0.351 e. The van der Waals surface area contributed by atoms with Gasteiger partial charge >= 0.3 is 0 Å². The van der Waals surface area contributed by atoms with Crippen LogP contribution in [0.4, 0.5) is 0 Å².